The van der Waals surface area contributed by atoms with Crippen LogP contribution in [0, 0.1) is 23.7 Å². The smallest absolute Gasteiger partial charge is 0.332 e. The topological polar surface area (TPSA) is 297 Å². The largest absolute Gasteiger partial charge is 0.394 e. The standard InChI is InChI=1S/2C15H21N5O5/c2*1-6-8(5-21)25-13(10(6)22)20-11-9(12(23)18-14(16)17-11)19(15(20)24)4-7-2-3-7/h2*6-8,10,13,21-22H,2-5H2,1H3,(H3,16,17,18,23)/t2*6-,8+,10+,13+/m00/s1. The van der Waals surface area contributed by atoms with Crippen molar-refractivity contribution in [1.82, 2.24) is 38.2 Å². The number of aliphatic hydroxyl groups is 4. The van der Waals surface area contributed by atoms with E-state index >= 15 is 0 Å². The van der Waals surface area contributed by atoms with Gasteiger partial charge in [-0.15, -0.1) is 0 Å². The SMILES string of the molecule is C[C@@H]1[C@@H](O)[C@H](n2c(=O)n(CC3CC3)c3c(=O)[nH]c(N)nc32)O[C@@H]1CO.C[C@@H]1[C@@H](O)[C@H](n2c(=O)n(CC3CC3)c3c(=O)[nH]c(N)nc32)O[C@@H]1CO. The minimum atomic E-state index is -1.03. The van der Waals surface area contributed by atoms with Gasteiger partial charge in [0.2, 0.25) is 11.9 Å². The highest BCUT2D eigenvalue weighted by Crippen LogP contribution is 2.37. The number of hydrogen-bond acceptors (Lipinski definition) is 14. The molecule has 4 aliphatic rings. The summed E-state index contributed by atoms with van der Waals surface area (Å²) in [5.41, 5.74) is 9.77. The van der Waals surface area contributed by atoms with Crippen LogP contribution in [0.1, 0.15) is 52.0 Å². The number of H-pyrrole nitrogens is 2. The average Bonchev–Trinajstić information content (AvgIpc) is 3.98. The van der Waals surface area contributed by atoms with Crippen LogP contribution in [0.15, 0.2) is 19.2 Å². The third kappa shape index (κ3) is 5.74. The summed E-state index contributed by atoms with van der Waals surface area (Å²) in [6.07, 6.45) is -1.28. The molecule has 0 bridgehead atoms. The molecule has 4 aromatic heterocycles. The van der Waals surface area contributed by atoms with Crippen molar-refractivity contribution in [2.24, 2.45) is 23.7 Å². The molecule has 20 heteroatoms. The highest BCUT2D eigenvalue weighted by Gasteiger charge is 2.45. The van der Waals surface area contributed by atoms with Crippen molar-refractivity contribution in [2.75, 3.05) is 24.7 Å². The number of anilines is 2. The maximum absolute atomic E-state index is 13.0. The molecule has 2 aliphatic carbocycles. The third-order valence-electron chi connectivity index (χ3n) is 10.3. The first-order valence-electron chi connectivity index (χ1n) is 16.7. The van der Waals surface area contributed by atoms with Crippen LogP contribution in [-0.4, -0.2) is 96.3 Å². The Labute approximate surface area is 281 Å². The van der Waals surface area contributed by atoms with Gasteiger partial charge >= 0.3 is 11.4 Å². The number of aromatic amines is 2. The second kappa shape index (κ2) is 12.8. The van der Waals surface area contributed by atoms with Gasteiger partial charge in [-0.3, -0.25) is 28.7 Å². The molecule has 272 valence electrons. The van der Waals surface area contributed by atoms with E-state index < -0.39 is 59.4 Å². The van der Waals surface area contributed by atoms with Crippen LogP contribution in [0.5, 0.6) is 0 Å². The average molecular weight is 703 g/mol. The van der Waals surface area contributed by atoms with Gasteiger partial charge in [0.1, 0.15) is 12.2 Å². The van der Waals surface area contributed by atoms with E-state index in [1.54, 1.807) is 13.8 Å². The quantitative estimate of drug-likeness (QED) is 0.0944. The lowest BCUT2D eigenvalue weighted by Crippen LogP contribution is -2.33. The summed E-state index contributed by atoms with van der Waals surface area (Å²) in [5, 5.41) is 39.8. The summed E-state index contributed by atoms with van der Waals surface area (Å²) in [7, 11) is 0. The molecule has 10 N–H and O–H groups in total. The lowest BCUT2D eigenvalue weighted by atomic mass is 10.0. The predicted octanol–water partition coefficient (Wildman–Crippen LogP) is -2.47. The number of rotatable bonds is 8. The van der Waals surface area contributed by atoms with Crippen LogP contribution in [0.4, 0.5) is 11.9 Å². The molecule has 0 aromatic carbocycles. The lowest BCUT2D eigenvalue weighted by molar-refractivity contribution is -0.0510. The fourth-order valence-corrected chi connectivity index (χ4v) is 6.89. The molecule has 50 heavy (non-hydrogen) atoms. The number of nitrogen functional groups attached to an aromatic ring is 2. The van der Waals surface area contributed by atoms with Crippen molar-refractivity contribution in [3.63, 3.8) is 0 Å². The van der Waals surface area contributed by atoms with Crippen molar-refractivity contribution in [3.8, 4) is 0 Å². The Hall–Kier alpha value is -4.34. The second-order valence-corrected chi connectivity index (χ2v) is 13.9. The second-order valence-electron chi connectivity index (χ2n) is 13.9. The van der Waals surface area contributed by atoms with Gasteiger partial charge < -0.3 is 41.4 Å². The Bertz CT molecular complexity index is 2010. The fourth-order valence-electron chi connectivity index (χ4n) is 6.89. The molecule has 0 unspecified atom stereocenters. The number of nitrogens with two attached hydrogens (primary N) is 2. The maximum Gasteiger partial charge on any atom is 0.332 e. The molecule has 8 rings (SSSR count). The minimum absolute atomic E-state index is 0.0849. The molecule has 0 amide bonds. The zero-order valence-corrected chi connectivity index (χ0v) is 27.5. The summed E-state index contributed by atoms with van der Waals surface area (Å²) in [6, 6.07) is 0. The predicted molar refractivity (Wildman–Crippen MR) is 176 cm³/mol. The van der Waals surface area contributed by atoms with Gasteiger partial charge in [-0.1, -0.05) is 13.8 Å². The van der Waals surface area contributed by atoms with Gasteiger partial charge in [0.25, 0.3) is 11.1 Å². The fraction of sp³-hybridized carbons (Fsp3) is 0.667. The number of hydrogen-bond donors (Lipinski definition) is 8. The van der Waals surface area contributed by atoms with Crippen LogP contribution >= 0.6 is 0 Å². The third-order valence-corrected chi connectivity index (χ3v) is 10.3. The van der Waals surface area contributed by atoms with E-state index in [0.29, 0.717) is 24.9 Å². The zero-order chi connectivity index (χ0) is 35.8. The molecule has 6 heterocycles. The van der Waals surface area contributed by atoms with Gasteiger partial charge in [-0.2, -0.15) is 9.97 Å². The number of aliphatic hydroxyl groups excluding tert-OH is 4. The molecular formula is C30H42N10O10. The summed E-state index contributed by atoms with van der Waals surface area (Å²) >= 11 is 0. The maximum atomic E-state index is 13.0. The number of nitrogens with one attached hydrogen (secondary N) is 2. The van der Waals surface area contributed by atoms with E-state index in [0.717, 1.165) is 25.7 Å². The van der Waals surface area contributed by atoms with Gasteiger partial charge in [-0.05, 0) is 37.5 Å². The van der Waals surface area contributed by atoms with Crippen LogP contribution in [0.25, 0.3) is 22.3 Å². The molecule has 2 saturated carbocycles. The van der Waals surface area contributed by atoms with Crippen molar-refractivity contribution in [1.29, 1.82) is 0 Å². The van der Waals surface area contributed by atoms with Crippen molar-refractivity contribution >= 4 is 34.2 Å². The first kappa shape index (κ1) is 34.1. The van der Waals surface area contributed by atoms with E-state index in [9.17, 15) is 39.6 Å². The number of nitrogens with zero attached hydrogens (tertiary/aromatic N) is 6. The van der Waals surface area contributed by atoms with Crippen LogP contribution in [-0.2, 0) is 22.6 Å². The Morgan fingerprint density at radius 1 is 0.700 bits per heavy atom. The molecule has 2 aliphatic heterocycles. The molecule has 20 nitrogen and oxygen atoms in total. The van der Waals surface area contributed by atoms with E-state index in [-0.39, 0.29) is 59.3 Å². The van der Waals surface area contributed by atoms with Gasteiger partial charge in [0.15, 0.2) is 34.8 Å². The number of fused-ring (bicyclic) bond motifs is 2. The van der Waals surface area contributed by atoms with E-state index in [1.165, 1.54) is 18.3 Å². The molecule has 4 aromatic rings. The Kier molecular flexibility index (Phi) is 8.71. The van der Waals surface area contributed by atoms with E-state index in [1.807, 2.05) is 0 Å². The minimum Gasteiger partial charge on any atom is -0.394 e. The molecule has 8 atom stereocenters. The summed E-state index contributed by atoms with van der Waals surface area (Å²) in [6.45, 7) is 3.74. The molecular weight excluding hydrogens is 660 g/mol. The summed E-state index contributed by atoms with van der Waals surface area (Å²) in [4.78, 5) is 63.8. The van der Waals surface area contributed by atoms with Crippen LogP contribution in [0.3, 0.4) is 0 Å². The summed E-state index contributed by atoms with van der Waals surface area (Å²) < 4.78 is 16.5. The number of ether oxygens (including phenoxy) is 2. The highest BCUT2D eigenvalue weighted by atomic mass is 16.6. The van der Waals surface area contributed by atoms with Crippen LogP contribution in [0.2, 0.25) is 0 Å². The van der Waals surface area contributed by atoms with E-state index in [2.05, 4.69) is 19.9 Å². The Balaban J connectivity index is 0.000000157. The monoisotopic (exact) mass is 702 g/mol. The zero-order valence-electron chi connectivity index (χ0n) is 27.5. The van der Waals surface area contributed by atoms with Crippen molar-refractivity contribution < 1.29 is 29.9 Å². The molecule has 2 saturated heterocycles. The van der Waals surface area contributed by atoms with Gasteiger partial charge in [0.05, 0.1) is 25.4 Å². The van der Waals surface area contributed by atoms with Gasteiger partial charge in [-0.25, -0.2) is 18.7 Å². The summed E-state index contributed by atoms with van der Waals surface area (Å²) in [5.74, 6) is -0.270. The molecule has 0 spiro atoms. The van der Waals surface area contributed by atoms with Crippen molar-refractivity contribution in [3.05, 3.63) is 41.7 Å². The Morgan fingerprint density at radius 3 is 1.36 bits per heavy atom. The molecule has 4 fully saturated rings. The van der Waals surface area contributed by atoms with Crippen LogP contribution < -0.4 is 34.0 Å². The van der Waals surface area contributed by atoms with E-state index in [4.69, 9.17) is 20.9 Å². The Morgan fingerprint density at radius 2 is 1.06 bits per heavy atom. The normalized spacial score (nSPS) is 29.6. The highest BCUT2D eigenvalue weighted by molar-refractivity contribution is 5.72. The number of imidazole rings is 2. The molecule has 0 radical (unpaired) electrons. The first-order valence-corrected chi connectivity index (χ1v) is 16.7. The number of aromatic nitrogens is 8. The lowest BCUT2D eigenvalue weighted by Gasteiger charge is -2.16. The van der Waals surface area contributed by atoms with Gasteiger partial charge in [0, 0.05) is 24.9 Å². The first-order chi connectivity index (χ1) is 23.8. The van der Waals surface area contributed by atoms with Crippen molar-refractivity contribution in [2.45, 2.75) is 89.5 Å².